The number of nitrogens with zero attached hydrogens (tertiary/aromatic N) is 1. The Balaban J connectivity index is 1.91. The Morgan fingerprint density at radius 3 is 2.86 bits per heavy atom. The van der Waals surface area contributed by atoms with Crippen molar-refractivity contribution in [3.8, 4) is 5.75 Å². The number of non-ortho nitro benzene ring substituents is 1. The number of amides is 1. The standard InChI is InChI=1S/C14H12N2O6/c17-8-10-6-11(16(19)20)3-4-13(10)22-9-14(18)15-7-12-2-1-5-21-12/h1-6,8H,7,9H2,(H,15,18). The zero-order chi connectivity index (χ0) is 15.9. The van der Waals surface area contributed by atoms with Crippen LogP contribution in [0.4, 0.5) is 5.69 Å². The highest BCUT2D eigenvalue weighted by Crippen LogP contribution is 2.22. The van der Waals surface area contributed by atoms with Gasteiger partial charge in [0.15, 0.2) is 12.9 Å². The van der Waals surface area contributed by atoms with E-state index in [4.69, 9.17) is 9.15 Å². The number of hydrogen-bond acceptors (Lipinski definition) is 6. The summed E-state index contributed by atoms with van der Waals surface area (Å²) in [6, 6.07) is 6.97. The Labute approximate surface area is 124 Å². The molecule has 0 unspecified atom stereocenters. The van der Waals surface area contributed by atoms with Crippen LogP contribution >= 0.6 is 0 Å². The molecule has 1 amide bonds. The van der Waals surface area contributed by atoms with Gasteiger partial charge in [0.25, 0.3) is 11.6 Å². The summed E-state index contributed by atoms with van der Waals surface area (Å²) < 4.78 is 10.3. The van der Waals surface area contributed by atoms with Gasteiger partial charge in [0.2, 0.25) is 0 Å². The third kappa shape index (κ3) is 3.92. The van der Waals surface area contributed by atoms with Crippen molar-refractivity contribution in [2.45, 2.75) is 6.54 Å². The molecule has 114 valence electrons. The molecule has 0 radical (unpaired) electrons. The lowest BCUT2D eigenvalue weighted by atomic mass is 10.2. The number of nitrogens with one attached hydrogen (secondary N) is 1. The van der Waals surface area contributed by atoms with Crippen molar-refractivity contribution in [3.63, 3.8) is 0 Å². The topological polar surface area (TPSA) is 112 Å². The summed E-state index contributed by atoms with van der Waals surface area (Å²) in [5, 5.41) is 13.2. The van der Waals surface area contributed by atoms with Crippen LogP contribution in [0.5, 0.6) is 5.75 Å². The average Bonchev–Trinajstić information content (AvgIpc) is 3.04. The number of hydrogen-bond donors (Lipinski definition) is 1. The first-order valence-electron chi connectivity index (χ1n) is 6.25. The van der Waals surface area contributed by atoms with E-state index in [1.54, 1.807) is 12.1 Å². The number of carbonyl (C=O) groups excluding carboxylic acids is 2. The maximum Gasteiger partial charge on any atom is 0.270 e. The number of nitro groups is 1. The van der Waals surface area contributed by atoms with E-state index in [9.17, 15) is 19.7 Å². The van der Waals surface area contributed by atoms with E-state index >= 15 is 0 Å². The van der Waals surface area contributed by atoms with Gasteiger partial charge in [0.1, 0.15) is 11.5 Å². The van der Waals surface area contributed by atoms with E-state index in [1.165, 1.54) is 18.4 Å². The lowest BCUT2D eigenvalue weighted by Crippen LogP contribution is -2.28. The lowest BCUT2D eigenvalue weighted by molar-refractivity contribution is -0.384. The van der Waals surface area contributed by atoms with Gasteiger partial charge < -0.3 is 14.5 Å². The molecular weight excluding hydrogens is 292 g/mol. The number of nitro benzene ring substituents is 1. The van der Waals surface area contributed by atoms with E-state index in [-0.39, 0.29) is 30.2 Å². The highest BCUT2D eigenvalue weighted by molar-refractivity contribution is 5.81. The van der Waals surface area contributed by atoms with Crippen LogP contribution < -0.4 is 10.1 Å². The van der Waals surface area contributed by atoms with Crippen LogP contribution in [-0.2, 0) is 11.3 Å². The quantitative estimate of drug-likeness (QED) is 0.473. The fourth-order valence-corrected chi connectivity index (χ4v) is 1.67. The molecule has 1 N–H and O–H groups in total. The Morgan fingerprint density at radius 1 is 1.41 bits per heavy atom. The van der Waals surface area contributed by atoms with Crippen molar-refractivity contribution in [2.75, 3.05) is 6.61 Å². The lowest BCUT2D eigenvalue weighted by Gasteiger charge is -2.08. The molecule has 0 aliphatic heterocycles. The molecule has 22 heavy (non-hydrogen) atoms. The van der Waals surface area contributed by atoms with Crippen LogP contribution in [0.3, 0.4) is 0 Å². The summed E-state index contributed by atoms with van der Waals surface area (Å²) in [7, 11) is 0. The van der Waals surface area contributed by atoms with Gasteiger partial charge in [-0.25, -0.2) is 0 Å². The molecule has 0 saturated carbocycles. The fourth-order valence-electron chi connectivity index (χ4n) is 1.67. The number of furan rings is 1. The number of rotatable bonds is 7. The third-order valence-electron chi connectivity index (χ3n) is 2.73. The van der Waals surface area contributed by atoms with Gasteiger partial charge in [-0.3, -0.25) is 19.7 Å². The first-order chi connectivity index (χ1) is 10.6. The van der Waals surface area contributed by atoms with Crippen molar-refractivity contribution in [2.24, 2.45) is 0 Å². The van der Waals surface area contributed by atoms with Gasteiger partial charge in [-0.15, -0.1) is 0 Å². The van der Waals surface area contributed by atoms with Gasteiger partial charge in [0, 0.05) is 12.1 Å². The summed E-state index contributed by atoms with van der Waals surface area (Å²) in [4.78, 5) is 32.5. The second-order valence-electron chi connectivity index (χ2n) is 4.24. The second kappa shape index (κ2) is 7.02. The number of carbonyl (C=O) groups is 2. The largest absolute Gasteiger partial charge is 0.483 e. The van der Waals surface area contributed by atoms with Crippen molar-refractivity contribution in [3.05, 3.63) is 58.0 Å². The maximum absolute atomic E-state index is 11.6. The van der Waals surface area contributed by atoms with Gasteiger partial charge in [-0.1, -0.05) is 0 Å². The second-order valence-corrected chi connectivity index (χ2v) is 4.24. The van der Waals surface area contributed by atoms with Gasteiger partial charge in [-0.2, -0.15) is 0 Å². The molecule has 1 heterocycles. The van der Waals surface area contributed by atoms with Crippen LogP contribution in [0.25, 0.3) is 0 Å². The summed E-state index contributed by atoms with van der Waals surface area (Å²) in [5.74, 6) is 0.289. The molecule has 2 aromatic rings. The molecule has 0 aliphatic carbocycles. The molecule has 0 saturated heterocycles. The van der Waals surface area contributed by atoms with Crippen molar-refractivity contribution in [1.29, 1.82) is 0 Å². The number of aldehydes is 1. The van der Waals surface area contributed by atoms with Crippen molar-refractivity contribution < 1.29 is 23.7 Å². The van der Waals surface area contributed by atoms with Gasteiger partial charge in [0.05, 0.1) is 23.3 Å². The highest BCUT2D eigenvalue weighted by atomic mass is 16.6. The zero-order valence-electron chi connectivity index (χ0n) is 11.4. The molecule has 0 bridgehead atoms. The van der Waals surface area contributed by atoms with Crippen LogP contribution in [0.15, 0.2) is 41.0 Å². The smallest absolute Gasteiger partial charge is 0.270 e. The van der Waals surface area contributed by atoms with E-state index in [1.807, 2.05) is 0 Å². The van der Waals surface area contributed by atoms with Crippen LogP contribution in [-0.4, -0.2) is 23.7 Å². The molecule has 0 atom stereocenters. The Bertz CT molecular complexity index is 681. The normalized spacial score (nSPS) is 10.0. The number of ether oxygens (including phenoxy) is 1. The monoisotopic (exact) mass is 304 g/mol. The molecule has 0 aliphatic rings. The van der Waals surface area contributed by atoms with E-state index < -0.39 is 10.8 Å². The summed E-state index contributed by atoms with van der Waals surface area (Å²) in [6.45, 7) is -0.102. The predicted octanol–water partition coefficient (Wildman–Crippen LogP) is 1.70. The fraction of sp³-hybridized carbons (Fsp3) is 0.143. The minimum absolute atomic E-state index is 0.00744. The van der Waals surface area contributed by atoms with Crippen LogP contribution in [0.1, 0.15) is 16.1 Å². The van der Waals surface area contributed by atoms with Gasteiger partial charge in [-0.05, 0) is 18.2 Å². The molecule has 8 heteroatoms. The first-order valence-corrected chi connectivity index (χ1v) is 6.25. The zero-order valence-corrected chi connectivity index (χ0v) is 11.4. The third-order valence-corrected chi connectivity index (χ3v) is 2.73. The minimum atomic E-state index is -0.618. The molecule has 8 nitrogen and oxygen atoms in total. The summed E-state index contributed by atoms with van der Waals surface area (Å²) >= 11 is 0. The molecular formula is C14H12N2O6. The Morgan fingerprint density at radius 2 is 2.23 bits per heavy atom. The van der Waals surface area contributed by atoms with E-state index in [2.05, 4.69) is 5.32 Å². The van der Waals surface area contributed by atoms with E-state index in [0.717, 1.165) is 6.07 Å². The molecule has 0 fully saturated rings. The van der Waals surface area contributed by atoms with Crippen LogP contribution in [0, 0.1) is 10.1 Å². The molecule has 1 aromatic heterocycles. The Kier molecular flexibility index (Phi) is 4.86. The molecule has 0 spiro atoms. The summed E-state index contributed by atoms with van der Waals surface area (Å²) in [5.41, 5.74) is -0.218. The average molecular weight is 304 g/mol. The number of benzene rings is 1. The van der Waals surface area contributed by atoms with Gasteiger partial charge >= 0.3 is 0 Å². The van der Waals surface area contributed by atoms with Crippen LogP contribution in [0.2, 0.25) is 0 Å². The first kappa shape index (κ1) is 15.2. The predicted molar refractivity (Wildman–Crippen MR) is 74.5 cm³/mol. The van der Waals surface area contributed by atoms with Crippen molar-refractivity contribution in [1.82, 2.24) is 5.32 Å². The highest BCUT2D eigenvalue weighted by Gasteiger charge is 2.12. The molecule has 1 aromatic carbocycles. The maximum atomic E-state index is 11.6. The van der Waals surface area contributed by atoms with Crippen molar-refractivity contribution >= 4 is 17.9 Å². The SMILES string of the molecule is O=Cc1cc([N+](=O)[O-])ccc1OCC(=O)NCc1ccco1. The Hall–Kier alpha value is -3.16. The molecule has 2 rings (SSSR count). The minimum Gasteiger partial charge on any atom is -0.483 e. The van der Waals surface area contributed by atoms with E-state index in [0.29, 0.717) is 12.0 Å². The summed E-state index contributed by atoms with van der Waals surface area (Å²) in [6.07, 6.45) is 1.92.